The summed E-state index contributed by atoms with van der Waals surface area (Å²) < 4.78 is 0. The molecule has 0 fully saturated rings. The van der Waals surface area contributed by atoms with Crippen molar-refractivity contribution >= 4 is 0 Å². The van der Waals surface area contributed by atoms with Gasteiger partial charge in [0.25, 0.3) is 0 Å². The van der Waals surface area contributed by atoms with E-state index in [0.29, 0.717) is 0 Å². The highest BCUT2D eigenvalue weighted by molar-refractivity contribution is 4.90. The van der Waals surface area contributed by atoms with Crippen molar-refractivity contribution in [2.24, 2.45) is 0 Å². The van der Waals surface area contributed by atoms with Gasteiger partial charge < -0.3 is 10.0 Å². The molecule has 0 radical (unpaired) electrons. The number of hydrogen-bond donors (Lipinski definition) is 1. The molecule has 0 atom stereocenters. The smallest absolute Gasteiger partial charge is 0.0606 e. The van der Waals surface area contributed by atoms with Crippen LogP contribution in [0.5, 0.6) is 0 Å². The molecule has 0 amide bonds. The molecule has 46 valence electrons. The first kappa shape index (κ1) is 5.63. The molecule has 1 heterocycles. The molecular weight excluding hydrogens is 102 g/mol. The third-order valence-electron chi connectivity index (χ3n) is 1.29. The van der Waals surface area contributed by atoms with E-state index in [1.807, 2.05) is 6.20 Å². The van der Waals surface area contributed by atoms with Crippen LogP contribution in [0.4, 0.5) is 0 Å². The molecule has 0 bridgehead atoms. The Kier molecular flexibility index (Phi) is 1.92. The van der Waals surface area contributed by atoms with Crippen LogP contribution in [0.2, 0.25) is 0 Å². The summed E-state index contributed by atoms with van der Waals surface area (Å²) in [6, 6.07) is 0. The fourth-order valence-corrected chi connectivity index (χ4v) is 0.853. The Labute approximate surface area is 49.4 Å². The average Bonchev–Trinajstić information content (AvgIpc) is 2.19. The van der Waals surface area contributed by atoms with Crippen molar-refractivity contribution in [3.05, 3.63) is 12.3 Å². The minimum Gasteiger partial charge on any atom is -0.395 e. The van der Waals surface area contributed by atoms with Crippen LogP contribution >= 0.6 is 0 Å². The lowest BCUT2D eigenvalue weighted by Gasteiger charge is -2.11. The molecule has 0 aliphatic carbocycles. The first-order valence-electron chi connectivity index (χ1n) is 2.95. The van der Waals surface area contributed by atoms with E-state index in [1.54, 1.807) is 0 Å². The predicted molar refractivity (Wildman–Crippen MR) is 32.4 cm³/mol. The van der Waals surface area contributed by atoms with Gasteiger partial charge in [-0.3, -0.25) is 0 Å². The van der Waals surface area contributed by atoms with Crippen LogP contribution in [0.15, 0.2) is 12.3 Å². The van der Waals surface area contributed by atoms with E-state index in [-0.39, 0.29) is 6.61 Å². The summed E-state index contributed by atoms with van der Waals surface area (Å²) in [5.74, 6) is 0. The highest BCUT2D eigenvalue weighted by Gasteiger charge is 2.00. The van der Waals surface area contributed by atoms with Gasteiger partial charge in [0.05, 0.1) is 6.61 Å². The molecule has 0 aromatic carbocycles. The van der Waals surface area contributed by atoms with Gasteiger partial charge in [-0.1, -0.05) is 6.08 Å². The number of aliphatic hydroxyl groups is 1. The van der Waals surface area contributed by atoms with Crippen LogP contribution in [0.25, 0.3) is 0 Å². The second-order valence-corrected chi connectivity index (χ2v) is 1.93. The minimum absolute atomic E-state index is 0.268. The molecule has 2 heteroatoms. The van der Waals surface area contributed by atoms with Crippen LogP contribution in [0.3, 0.4) is 0 Å². The molecule has 1 aliphatic rings. The normalized spacial score (nSPS) is 17.9. The molecule has 8 heavy (non-hydrogen) atoms. The number of rotatable bonds is 2. The zero-order chi connectivity index (χ0) is 5.82. The molecule has 0 aromatic rings. The average molecular weight is 113 g/mol. The first-order valence-corrected chi connectivity index (χ1v) is 2.95. The maximum Gasteiger partial charge on any atom is 0.0606 e. The van der Waals surface area contributed by atoms with Crippen LogP contribution in [0, 0.1) is 0 Å². The first-order chi connectivity index (χ1) is 3.93. The summed E-state index contributed by atoms with van der Waals surface area (Å²) in [7, 11) is 0. The third kappa shape index (κ3) is 1.23. The van der Waals surface area contributed by atoms with E-state index in [2.05, 4.69) is 11.0 Å². The molecule has 0 saturated carbocycles. The highest BCUT2D eigenvalue weighted by atomic mass is 16.3. The second kappa shape index (κ2) is 2.72. The van der Waals surface area contributed by atoms with E-state index >= 15 is 0 Å². The molecule has 0 unspecified atom stereocenters. The van der Waals surface area contributed by atoms with Gasteiger partial charge in [0.15, 0.2) is 0 Å². The SMILES string of the molecule is OCCN1C=CCC1. The Bertz CT molecular complexity index is 90.5. The molecule has 1 rings (SSSR count). The maximum absolute atomic E-state index is 8.45. The van der Waals surface area contributed by atoms with E-state index < -0.39 is 0 Å². The molecule has 1 aliphatic heterocycles. The lowest BCUT2D eigenvalue weighted by Crippen LogP contribution is -2.18. The Morgan fingerprint density at radius 3 is 3.00 bits per heavy atom. The van der Waals surface area contributed by atoms with Gasteiger partial charge in [-0.15, -0.1) is 0 Å². The summed E-state index contributed by atoms with van der Waals surface area (Å²) >= 11 is 0. The van der Waals surface area contributed by atoms with E-state index in [4.69, 9.17) is 5.11 Å². The monoisotopic (exact) mass is 113 g/mol. The molecular formula is C6H11NO. The lowest BCUT2D eigenvalue weighted by atomic mass is 10.5. The Morgan fingerprint density at radius 1 is 1.62 bits per heavy atom. The molecule has 2 nitrogen and oxygen atoms in total. The van der Waals surface area contributed by atoms with Crippen molar-refractivity contribution in [2.75, 3.05) is 19.7 Å². The summed E-state index contributed by atoms with van der Waals surface area (Å²) in [6.45, 7) is 2.14. The standard InChI is InChI=1S/C6H11NO/c8-6-5-7-3-1-2-4-7/h1,3,8H,2,4-6H2. The predicted octanol–water partition coefficient (Wildman–Crippen LogP) is 0.198. The van der Waals surface area contributed by atoms with Gasteiger partial charge >= 0.3 is 0 Å². The van der Waals surface area contributed by atoms with Crippen LogP contribution < -0.4 is 0 Å². The maximum atomic E-state index is 8.45. The number of aliphatic hydroxyl groups excluding tert-OH is 1. The summed E-state index contributed by atoms with van der Waals surface area (Å²) in [5.41, 5.74) is 0. The van der Waals surface area contributed by atoms with Crippen molar-refractivity contribution in [3.8, 4) is 0 Å². The number of β-amino-alcohol motifs (C(OH)–C–C–N with tert-alkyl or cyclic N) is 1. The molecule has 0 saturated heterocycles. The van der Waals surface area contributed by atoms with Crippen molar-refractivity contribution in [3.63, 3.8) is 0 Å². The van der Waals surface area contributed by atoms with Crippen LogP contribution in [-0.4, -0.2) is 29.7 Å². The van der Waals surface area contributed by atoms with Gasteiger partial charge in [0, 0.05) is 13.1 Å². The Morgan fingerprint density at radius 2 is 2.50 bits per heavy atom. The van der Waals surface area contributed by atoms with Gasteiger partial charge in [-0.05, 0) is 12.6 Å². The van der Waals surface area contributed by atoms with E-state index in [9.17, 15) is 0 Å². The van der Waals surface area contributed by atoms with Crippen molar-refractivity contribution < 1.29 is 5.11 Å². The molecule has 0 aromatic heterocycles. The topological polar surface area (TPSA) is 23.5 Å². The fraction of sp³-hybridized carbons (Fsp3) is 0.667. The van der Waals surface area contributed by atoms with Crippen molar-refractivity contribution in [2.45, 2.75) is 6.42 Å². The van der Waals surface area contributed by atoms with Gasteiger partial charge in [-0.2, -0.15) is 0 Å². The summed E-state index contributed by atoms with van der Waals surface area (Å²) in [4.78, 5) is 2.11. The van der Waals surface area contributed by atoms with Gasteiger partial charge in [-0.25, -0.2) is 0 Å². The molecule has 1 N–H and O–H groups in total. The fourth-order valence-electron chi connectivity index (χ4n) is 0.853. The van der Waals surface area contributed by atoms with Gasteiger partial charge in [0.2, 0.25) is 0 Å². The largest absolute Gasteiger partial charge is 0.395 e. The van der Waals surface area contributed by atoms with Crippen molar-refractivity contribution in [1.29, 1.82) is 0 Å². The van der Waals surface area contributed by atoms with E-state index in [0.717, 1.165) is 19.5 Å². The van der Waals surface area contributed by atoms with E-state index in [1.165, 1.54) is 0 Å². The summed E-state index contributed by atoms with van der Waals surface area (Å²) in [6.07, 6.45) is 5.30. The van der Waals surface area contributed by atoms with Crippen LogP contribution in [-0.2, 0) is 0 Å². The minimum atomic E-state index is 0.268. The van der Waals surface area contributed by atoms with Crippen molar-refractivity contribution in [1.82, 2.24) is 4.90 Å². The zero-order valence-electron chi connectivity index (χ0n) is 4.88. The Hall–Kier alpha value is -0.500. The lowest BCUT2D eigenvalue weighted by molar-refractivity contribution is 0.244. The van der Waals surface area contributed by atoms with Crippen LogP contribution in [0.1, 0.15) is 6.42 Å². The highest BCUT2D eigenvalue weighted by Crippen LogP contribution is 2.01. The third-order valence-corrected chi connectivity index (χ3v) is 1.29. The zero-order valence-corrected chi connectivity index (χ0v) is 4.88. The molecule has 0 spiro atoms. The summed E-state index contributed by atoms with van der Waals surface area (Å²) in [5, 5.41) is 8.45. The quantitative estimate of drug-likeness (QED) is 0.553. The number of hydrogen-bond acceptors (Lipinski definition) is 2. The second-order valence-electron chi connectivity index (χ2n) is 1.93. The van der Waals surface area contributed by atoms with Gasteiger partial charge in [0.1, 0.15) is 0 Å². The number of nitrogens with zero attached hydrogens (tertiary/aromatic N) is 1. The Balaban J connectivity index is 2.16.